The third kappa shape index (κ3) is 2.61. The summed E-state index contributed by atoms with van der Waals surface area (Å²) in [4.78, 5) is 0. The Morgan fingerprint density at radius 1 is 1.67 bits per heavy atom. The Hall–Kier alpha value is -0.340. The number of aliphatic hydroxyl groups is 1. The van der Waals surface area contributed by atoms with E-state index in [4.69, 9.17) is 9.84 Å². The lowest BCUT2D eigenvalue weighted by Gasteiger charge is -2.28. The highest BCUT2D eigenvalue weighted by atomic mass is 16.5. The maximum absolute atomic E-state index is 8.57. The van der Waals surface area contributed by atoms with E-state index in [1.54, 1.807) is 0 Å². The lowest BCUT2D eigenvalue weighted by atomic mass is 9.85. The van der Waals surface area contributed by atoms with Gasteiger partial charge in [0.1, 0.15) is 0 Å². The largest absolute Gasteiger partial charge is 0.394 e. The fourth-order valence-corrected chi connectivity index (χ4v) is 1.64. The van der Waals surface area contributed by atoms with Crippen LogP contribution in [0.2, 0.25) is 0 Å². The summed E-state index contributed by atoms with van der Waals surface area (Å²) in [6.45, 7) is 6.80. The van der Waals surface area contributed by atoms with Crippen LogP contribution in [0, 0.1) is 5.92 Å². The first-order valence-electron chi connectivity index (χ1n) is 4.64. The summed E-state index contributed by atoms with van der Waals surface area (Å²) in [6, 6.07) is 0. The summed E-state index contributed by atoms with van der Waals surface area (Å²) in [7, 11) is 0. The van der Waals surface area contributed by atoms with Crippen molar-refractivity contribution in [3.8, 4) is 0 Å². The van der Waals surface area contributed by atoms with Crippen LogP contribution in [0.5, 0.6) is 0 Å². The molecule has 0 heterocycles. The highest BCUT2D eigenvalue weighted by molar-refractivity contribution is 5.03. The van der Waals surface area contributed by atoms with Crippen molar-refractivity contribution in [3.63, 3.8) is 0 Å². The molecule has 2 atom stereocenters. The molecule has 0 amide bonds. The number of hydrogen-bond donors (Lipinski definition) is 1. The molecule has 1 rings (SSSR count). The standard InChI is InChI=1S/C10H18O2/c1-8-3-4-10(7-9(8)2)12-6-5-11/h9-11H,1,3-7H2,2H3. The Morgan fingerprint density at radius 2 is 2.42 bits per heavy atom. The SMILES string of the molecule is C=C1CCC(OCCO)CC1C. The van der Waals surface area contributed by atoms with Gasteiger partial charge in [-0.1, -0.05) is 19.1 Å². The number of allylic oxidation sites excluding steroid dienone is 1. The Morgan fingerprint density at radius 3 is 3.00 bits per heavy atom. The van der Waals surface area contributed by atoms with E-state index in [0.717, 1.165) is 19.3 Å². The van der Waals surface area contributed by atoms with E-state index in [1.807, 2.05) is 0 Å². The van der Waals surface area contributed by atoms with Crippen molar-refractivity contribution in [2.24, 2.45) is 5.92 Å². The van der Waals surface area contributed by atoms with E-state index < -0.39 is 0 Å². The number of rotatable bonds is 3. The number of hydrogen-bond acceptors (Lipinski definition) is 2. The predicted molar refractivity (Wildman–Crippen MR) is 49.0 cm³/mol. The van der Waals surface area contributed by atoms with Gasteiger partial charge in [0, 0.05) is 0 Å². The van der Waals surface area contributed by atoms with Crippen LogP contribution < -0.4 is 0 Å². The van der Waals surface area contributed by atoms with Crippen LogP contribution in [-0.4, -0.2) is 24.4 Å². The maximum atomic E-state index is 8.57. The van der Waals surface area contributed by atoms with E-state index in [-0.39, 0.29) is 6.61 Å². The van der Waals surface area contributed by atoms with Crippen LogP contribution in [0.1, 0.15) is 26.2 Å². The molecule has 0 spiro atoms. The highest BCUT2D eigenvalue weighted by Crippen LogP contribution is 2.29. The van der Waals surface area contributed by atoms with Gasteiger partial charge < -0.3 is 9.84 Å². The Kier molecular flexibility index (Phi) is 3.76. The smallest absolute Gasteiger partial charge is 0.0701 e. The zero-order chi connectivity index (χ0) is 8.97. The van der Waals surface area contributed by atoms with Crippen molar-refractivity contribution in [1.82, 2.24) is 0 Å². The van der Waals surface area contributed by atoms with Crippen molar-refractivity contribution in [2.75, 3.05) is 13.2 Å². The molecule has 0 aromatic rings. The molecule has 0 aliphatic heterocycles. The third-order valence-electron chi connectivity index (χ3n) is 2.55. The average molecular weight is 170 g/mol. The summed E-state index contributed by atoms with van der Waals surface area (Å²) in [5.41, 5.74) is 1.35. The lowest BCUT2D eigenvalue weighted by molar-refractivity contribution is 0.00686. The normalized spacial score (nSPS) is 30.7. The first kappa shape index (κ1) is 9.75. The topological polar surface area (TPSA) is 29.5 Å². The van der Waals surface area contributed by atoms with Crippen LogP contribution >= 0.6 is 0 Å². The van der Waals surface area contributed by atoms with Gasteiger partial charge in [-0.25, -0.2) is 0 Å². The molecule has 1 fully saturated rings. The van der Waals surface area contributed by atoms with E-state index in [9.17, 15) is 0 Å². The van der Waals surface area contributed by atoms with Gasteiger partial charge in [0.05, 0.1) is 19.3 Å². The Labute approximate surface area is 74.2 Å². The molecule has 1 aliphatic carbocycles. The zero-order valence-corrected chi connectivity index (χ0v) is 7.75. The molecule has 1 saturated carbocycles. The molecule has 2 nitrogen and oxygen atoms in total. The van der Waals surface area contributed by atoms with Gasteiger partial charge in [-0.2, -0.15) is 0 Å². The van der Waals surface area contributed by atoms with Crippen LogP contribution in [0.25, 0.3) is 0 Å². The van der Waals surface area contributed by atoms with Gasteiger partial charge in [-0.05, 0) is 25.2 Å². The van der Waals surface area contributed by atoms with Crippen LogP contribution in [0.15, 0.2) is 12.2 Å². The molecule has 0 bridgehead atoms. The molecular formula is C10H18O2. The van der Waals surface area contributed by atoms with Crippen molar-refractivity contribution in [3.05, 3.63) is 12.2 Å². The van der Waals surface area contributed by atoms with E-state index in [2.05, 4.69) is 13.5 Å². The second-order valence-electron chi connectivity index (χ2n) is 3.55. The molecule has 0 radical (unpaired) electrons. The third-order valence-corrected chi connectivity index (χ3v) is 2.55. The average Bonchev–Trinajstić information content (AvgIpc) is 2.07. The number of ether oxygens (including phenoxy) is 1. The first-order valence-corrected chi connectivity index (χ1v) is 4.64. The Balaban J connectivity index is 2.25. The zero-order valence-electron chi connectivity index (χ0n) is 7.75. The monoisotopic (exact) mass is 170 g/mol. The van der Waals surface area contributed by atoms with Gasteiger partial charge in [0.25, 0.3) is 0 Å². The summed E-state index contributed by atoms with van der Waals surface area (Å²) < 4.78 is 5.46. The van der Waals surface area contributed by atoms with Crippen molar-refractivity contribution >= 4 is 0 Å². The van der Waals surface area contributed by atoms with Crippen molar-refractivity contribution < 1.29 is 9.84 Å². The molecule has 0 saturated heterocycles. The van der Waals surface area contributed by atoms with Gasteiger partial charge in [0.15, 0.2) is 0 Å². The quantitative estimate of drug-likeness (QED) is 0.654. The van der Waals surface area contributed by atoms with E-state index in [0.29, 0.717) is 18.6 Å². The van der Waals surface area contributed by atoms with Crippen LogP contribution in [-0.2, 0) is 4.74 Å². The minimum absolute atomic E-state index is 0.131. The number of aliphatic hydroxyl groups excluding tert-OH is 1. The predicted octanol–water partition coefficient (Wildman–Crippen LogP) is 1.74. The van der Waals surface area contributed by atoms with Crippen molar-refractivity contribution in [2.45, 2.75) is 32.3 Å². The molecule has 70 valence electrons. The van der Waals surface area contributed by atoms with Gasteiger partial charge in [-0.3, -0.25) is 0 Å². The minimum Gasteiger partial charge on any atom is -0.394 e. The summed E-state index contributed by atoms with van der Waals surface area (Å²) in [5, 5.41) is 8.57. The molecular weight excluding hydrogens is 152 g/mol. The summed E-state index contributed by atoms with van der Waals surface area (Å²) in [5.74, 6) is 0.586. The van der Waals surface area contributed by atoms with Gasteiger partial charge >= 0.3 is 0 Å². The van der Waals surface area contributed by atoms with Crippen molar-refractivity contribution in [1.29, 1.82) is 0 Å². The molecule has 2 unspecified atom stereocenters. The van der Waals surface area contributed by atoms with Gasteiger partial charge in [0.2, 0.25) is 0 Å². The fraction of sp³-hybridized carbons (Fsp3) is 0.800. The van der Waals surface area contributed by atoms with Crippen LogP contribution in [0.3, 0.4) is 0 Å². The molecule has 2 heteroatoms. The van der Waals surface area contributed by atoms with Crippen LogP contribution in [0.4, 0.5) is 0 Å². The fourth-order valence-electron chi connectivity index (χ4n) is 1.64. The first-order chi connectivity index (χ1) is 5.74. The lowest BCUT2D eigenvalue weighted by Crippen LogP contribution is -2.23. The van der Waals surface area contributed by atoms with Gasteiger partial charge in [-0.15, -0.1) is 0 Å². The molecule has 0 aromatic heterocycles. The maximum Gasteiger partial charge on any atom is 0.0701 e. The Bertz CT molecular complexity index is 154. The summed E-state index contributed by atoms with van der Waals surface area (Å²) >= 11 is 0. The second-order valence-corrected chi connectivity index (χ2v) is 3.55. The minimum atomic E-state index is 0.131. The molecule has 1 N–H and O–H groups in total. The molecule has 0 aromatic carbocycles. The highest BCUT2D eigenvalue weighted by Gasteiger charge is 2.21. The molecule has 12 heavy (non-hydrogen) atoms. The van der Waals surface area contributed by atoms with E-state index >= 15 is 0 Å². The molecule has 1 aliphatic rings. The van der Waals surface area contributed by atoms with E-state index in [1.165, 1.54) is 5.57 Å². The second kappa shape index (κ2) is 4.63. The summed E-state index contributed by atoms with van der Waals surface area (Å²) in [6.07, 6.45) is 3.57.